The predicted molar refractivity (Wildman–Crippen MR) is 141 cm³/mol. The van der Waals surface area contributed by atoms with Crippen LogP contribution in [-0.4, -0.2) is 52.6 Å². The molecule has 2 aromatic heterocycles. The molecule has 2 heterocycles. The largest absolute Gasteiger partial charge is 0.496 e. The van der Waals surface area contributed by atoms with E-state index in [1.165, 1.54) is 23.4 Å². The third kappa shape index (κ3) is 5.56. The maximum absolute atomic E-state index is 13.7. The van der Waals surface area contributed by atoms with Gasteiger partial charge in [0, 0.05) is 10.5 Å². The zero-order valence-electron chi connectivity index (χ0n) is 21.8. The van der Waals surface area contributed by atoms with Crippen LogP contribution in [0, 0.1) is 0 Å². The number of benzene rings is 1. The van der Waals surface area contributed by atoms with Gasteiger partial charge in [0.05, 0.1) is 43.5 Å². The average molecular weight is 530 g/mol. The van der Waals surface area contributed by atoms with Gasteiger partial charge in [-0.3, -0.25) is 14.2 Å². The van der Waals surface area contributed by atoms with Gasteiger partial charge in [0.25, 0.3) is 5.56 Å². The lowest BCUT2D eigenvalue weighted by Crippen LogP contribution is -2.43. The molecule has 11 heteroatoms. The minimum Gasteiger partial charge on any atom is -0.496 e. The van der Waals surface area contributed by atoms with Crippen LogP contribution in [0.4, 0.5) is 0 Å². The summed E-state index contributed by atoms with van der Waals surface area (Å²) in [6.45, 7) is 6.73. The Hall–Kier alpha value is -3.60. The minimum atomic E-state index is -0.734. The van der Waals surface area contributed by atoms with E-state index in [1.807, 2.05) is 13.8 Å². The van der Waals surface area contributed by atoms with Crippen molar-refractivity contribution in [2.24, 2.45) is 0 Å². The molecular formula is C26H31N3O7S. The zero-order chi connectivity index (χ0) is 27.3. The van der Waals surface area contributed by atoms with Crippen molar-refractivity contribution in [3.8, 4) is 5.75 Å². The fourth-order valence-corrected chi connectivity index (χ4v) is 4.83. The molecular weight excluding hydrogens is 498 g/mol. The number of thioether (sulfide) groups is 1. The molecule has 0 radical (unpaired) electrons. The number of esters is 2. The highest BCUT2D eigenvalue weighted by atomic mass is 32.2. The molecule has 3 rings (SSSR count). The summed E-state index contributed by atoms with van der Waals surface area (Å²) < 4.78 is 17.9. The van der Waals surface area contributed by atoms with Gasteiger partial charge in [0.15, 0.2) is 5.65 Å². The van der Waals surface area contributed by atoms with E-state index >= 15 is 0 Å². The molecule has 3 aromatic rings. The fourth-order valence-electron chi connectivity index (χ4n) is 4.06. The summed E-state index contributed by atoms with van der Waals surface area (Å²) in [6, 6.07) is 7.16. The minimum absolute atomic E-state index is 0.0135. The van der Waals surface area contributed by atoms with Crippen LogP contribution in [0.5, 0.6) is 5.75 Å². The van der Waals surface area contributed by atoms with E-state index in [2.05, 4.69) is 0 Å². The number of aromatic nitrogens is 3. The van der Waals surface area contributed by atoms with Crippen molar-refractivity contribution < 1.29 is 23.8 Å². The Bertz CT molecular complexity index is 1440. The summed E-state index contributed by atoms with van der Waals surface area (Å²) in [5, 5.41) is 0.0544. The fraction of sp³-hybridized carbons (Fsp3) is 0.423. The van der Waals surface area contributed by atoms with Crippen LogP contribution in [0.1, 0.15) is 55.2 Å². The predicted octanol–water partition coefficient (Wildman–Crippen LogP) is 3.20. The first-order valence-corrected chi connectivity index (χ1v) is 13.1. The van der Waals surface area contributed by atoms with Crippen molar-refractivity contribution in [3.63, 3.8) is 0 Å². The Morgan fingerprint density at radius 2 is 1.73 bits per heavy atom. The smallest absolute Gasteiger partial charge is 0.341 e. The molecule has 0 N–H and O–H groups in total. The number of rotatable bonds is 10. The standard InChI is InChI=1S/C26H31N3O7S/c1-7-35-18(30)14-29-24(31)20-22(37-6)19(25(32)36-8-2)21(15(3)4)27-23(20)28(26(29)33)13-16-11-9-10-12-17(16)34-5/h9-12,15H,7-8,13-14H2,1-6H3. The summed E-state index contributed by atoms with van der Waals surface area (Å²) in [6.07, 6.45) is 1.73. The molecule has 0 aliphatic rings. The Kier molecular flexibility index (Phi) is 9.14. The summed E-state index contributed by atoms with van der Waals surface area (Å²) in [5.74, 6) is -1.01. The summed E-state index contributed by atoms with van der Waals surface area (Å²) in [4.78, 5) is 57.8. The van der Waals surface area contributed by atoms with Gasteiger partial charge in [-0.2, -0.15) is 0 Å². The monoisotopic (exact) mass is 529 g/mol. The van der Waals surface area contributed by atoms with Gasteiger partial charge in [-0.1, -0.05) is 32.0 Å². The topological polar surface area (TPSA) is 119 Å². The molecule has 0 saturated heterocycles. The Balaban J connectivity index is 2.50. The molecule has 0 fully saturated rings. The maximum atomic E-state index is 13.7. The number of ether oxygens (including phenoxy) is 3. The molecule has 0 atom stereocenters. The van der Waals surface area contributed by atoms with Crippen molar-refractivity contribution in [2.45, 2.75) is 51.6 Å². The van der Waals surface area contributed by atoms with Gasteiger partial charge < -0.3 is 14.2 Å². The van der Waals surface area contributed by atoms with E-state index in [1.54, 1.807) is 44.4 Å². The van der Waals surface area contributed by atoms with E-state index < -0.39 is 29.7 Å². The van der Waals surface area contributed by atoms with Crippen LogP contribution < -0.4 is 16.0 Å². The number of hydrogen-bond acceptors (Lipinski definition) is 9. The molecule has 0 spiro atoms. The normalized spacial score (nSPS) is 11.1. The summed E-state index contributed by atoms with van der Waals surface area (Å²) >= 11 is 1.18. The summed E-state index contributed by atoms with van der Waals surface area (Å²) in [5.41, 5.74) is -0.0910. The van der Waals surface area contributed by atoms with Gasteiger partial charge >= 0.3 is 17.6 Å². The molecule has 10 nitrogen and oxygen atoms in total. The Labute approximate surface area is 218 Å². The van der Waals surface area contributed by atoms with Crippen LogP contribution in [-0.2, 0) is 27.4 Å². The molecule has 0 aliphatic heterocycles. The highest BCUT2D eigenvalue weighted by Gasteiger charge is 2.28. The number of methoxy groups -OCH3 is 1. The van der Waals surface area contributed by atoms with Gasteiger partial charge in [-0.15, -0.1) is 11.8 Å². The number of carbonyl (C=O) groups excluding carboxylic acids is 2. The highest BCUT2D eigenvalue weighted by Crippen LogP contribution is 2.33. The molecule has 0 saturated carbocycles. The molecule has 0 aliphatic carbocycles. The summed E-state index contributed by atoms with van der Waals surface area (Å²) in [7, 11) is 1.52. The Morgan fingerprint density at radius 3 is 2.32 bits per heavy atom. The first-order chi connectivity index (χ1) is 17.7. The second-order valence-corrected chi connectivity index (χ2v) is 9.17. The average Bonchev–Trinajstić information content (AvgIpc) is 2.88. The van der Waals surface area contributed by atoms with Crippen molar-refractivity contribution in [3.05, 3.63) is 61.9 Å². The van der Waals surface area contributed by atoms with E-state index in [0.717, 1.165) is 4.57 Å². The maximum Gasteiger partial charge on any atom is 0.341 e. The van der Waals surface area contributed by atoms with Gasteiger partial charge in [0.2, 0.25) is 0 Å². The quantitative estimate of drug-likeness (QED) is 0.288. The molecule has 0 amide bonds. The van der Waals surface area contributed by atoms with Crippen molar-refractivity contribution in [1.29, 1.82) is 0 Å². The molecule has 198 valence electrons. The number of nitrogens with zero attached hydrogens (tertiary/aromatic N) is 3. The number of para-hydroxylation sites is 1. The third-order valence-electron chi connectivity index (χ3n) is 5.68. The van der Waals surface area contributed by atoms with Crippen LogP contribution in [0.15, 0.2) is 38.8 Å². The lowest BCUT2D eigenvalue weighted by Gasteiger charge is -2.20. The first-order valence-electron chi connectivity index (χ1n) is 11.9. The molecule has 37 heavy (non-hydrogen) atoms. The van der Waals surface area contributed by atoms with Gasteiger partial charge in [-0.25, -0.2) is 19.1 Å². The molecule has 0 bridgehead atoms. The van der Waals surface area contributed by atoms with E-state index in [4.69, 9.17) is 19.2 Å². The number of hydrogen-bond donors (Lipinski definition) is 0. The second kappa shape index (κ2) is 12.1. The van der Waals surface area contributed by atoms with Crippen molar-refractivity contribution in [1.82, 2.24) is 14.1 Å². The Morgan fingerprint density at radius 1 is 1.05 bits per heavy atom. The lowest BCUT2D eigenvalue weighted by atomic mass is 10.0. The molecule has 0 unspecified atom stereocenters. The zero-order valence-corrected chi connectivity index (χ0v) is 22.6. The van der Waals surface area contributed by atoms with Gasteiger partial charge in [-0.05, 0) is 32.1 Å². The number of fused-ring (bicyclic) bond motifs is 1. The third-order valence-corrected chi connectivity index (χ3v) is 6.50. The van der Waals surface area contributed by atoms with Crippen molar-refractivity contribution >= 4 is 34.7 Å². The van der Waals surface area contributed by atoms with Crippen LogP contribution >= 0.6 is 11.8 Å². The lowest BCUT2D eigenvalue weighted by molar-refractivity contribution is -0.143. The highest BCUT2D eigenvalue weighted by molar-refractivity contribution is 7.99. The number of pyridine rings is 1. The van der Waals surface area contributed by atoms with Crippen LogP contribution in [0.3, 0.4) is 0 Å². The van der Waals surface area contributed by atoms with E-state index in [0.29, 0.717) is 21.9 Å². The van der Waals surface area contributed by atoms with Crippen LogP contribution in [0.2, 0.25) is 0 Å². The van der Waals surface area contributed by atoms with E-state index in [-0.39, 0.29) is 42.3 Å². The first kappa shape index (κ1) is 28.0. The number of carbonyl (C=O) groups is 2. The SMILES string of the molecule is CCOC(=O)Cn1c(=O)c2c(SC)c(C(=O)OCC)c(C(C)C)nc2n(Cc2ccccc2OC)c1=O. The second-order valence-electron chi connectivity index (χ2n) is 8.36. The van der Waals surface area contributed by atoms with Crippen LogP contribution in [0.25, 0.3) is 11.0 Å². The molecule has 1 aromatic carbocycles. The van der Waals surface area contributed by atoms with Crippen molar-refractivity contribution in [2.75, 3.05) is 26.6 Å². The van der Waals surface area contributed by atoms with E-state index in [9.17, 15) is 19.2 Å². The van der Waals surface area contributed by atoms with Gasteiger partial charge in [0.1, 0.15) is 12.3 Å².